The number of rotatable bonds is 3. The normalized spacial score (nSPS) is 16.1. The van der Waals surface area contributed by atoms with Gasteiger partial charge in [0.25, 0.3) is 5.91 Å². The van der Waals surface area contributed by atoms with Crippen LogP contribution < -0.4 is 11.1 Å². The SMILES string of the molecule is NC(=O)c1cc2c[c]ccc2nc1NC1CCc2ccc(F)cc21. The lowest BCUT2D eigenvalue weighted by Gasteiger charge is -2.17. The standard InChI is InChI=1S/C19H15FN3O/c20-13-7-5-11-6-8-17(14(11)10-13)23-19-15(18(21)24)9-12-3-1-2-4-16(12)22-19/h2-5,7,9-10,17H,6,8H2,(H2,21,24)(H,22,23). The quantitative estimate of drug-likeness (QED) is 0.777. The summed E-state index contributed by atoms with van der Waals surface area (Å²) in [5.74, 6) is -0.379. The minimum Gasteiger partial charge on any atom is -0.365 e. The molecule has 4 nitrogen and oxygen atoms in total. The van der Waals surface area contributed by atoms with Gasteiger partial charge in [-0.15, -0.1) is 0 Å². The molecular weight excluding hydrogens is 305 g/mol. The largest absolute Gasteiger partial charge is 0.365 e. The number of anilines is 1. The fourth-order valence-electron chi connectivity index (χ4n) is 3.24. The van der Waals surface area contributed by atoms with Crippen molar-refractivity contribution in [2.75, 3.05) is 5.32 Å². The highest BCUT2D eigenvalue weighted by molar-refractivity contribution is 6.01. The van der Waals surface area contributed by atoms with E-state index in [4.69, 9.17) is 5.73 Å². The highest BCUT2D eigenvalue weighted by Gasteiger charge is 2.24. The van der Waals surface area contributed by atoms with Crippen molar-refractivity contribution in [1.82, 2.24) is 4.98 Å². The van der Waals surface area contributed by atoms with Crippen LogP contribution in [0, 0.1) is 11.9 Å². The fourth-order valence-corrected chi connectivity index (χ4v) is 3.24. The molecule has 1 atom stereocenters. The predicted molar refractivity (Wildman–Crippen MR) is 90.2 cm³/mol. The maximum Gasteiger partial charge on any atom is 0.252 e. The number of carbonyl (C=O) groups excluding carboxylic acids is 1. The number of hydrogen-bond donors (Lipinski definition) is 2. The van der Waals surface area contributed by atoms with Gasteiger partial charge in [-0.3, -0.25) is 4.79 Å². The Morgan fingerprint density at radius 2 is 2.21 bits per heavy atom. The van der Waals surface area contributed by atoms with Crippen LogP contribution in [0.5, 0.6) is 0 Å². The number of nitrogens with one attached hydrogen (secondary N) is 1. The molecule has 0 fully saturated rings. The molecule has 5 heteroatoms. The van der Waals surface area contributed by atoms with Gasteiger partial charge in [-0.05, 0) is 60.4 Å². The van der Waals surface area contributed by atoms with Gasteiger partial charge in [0.2, 0.25) is 0 Å². The summed E-state index contributed by atoms with van der Waals surface area (Å²) in [6, 6.07) is 14.8. The topological polar surface area (TPSA) is 68.0 Å². The van der Waals surface area contributed by atoms with Crippen LogP contribution in [0.25, 0.3) is 10.9 Å². The number of nitrogens with two attached hydrogens (primary N) is 1. The van der Waals surface area contributed by atoms with E-state index in [0.717, 1.165) is 34.9 Å². The van der Waals surface area contributed by atoms with Crippen molar-refractivity contribution in [3.05, 3.63) is 71.0 Å². The van der Waals surface area contributed by atoms with E-state index in [9.17, 15) is 9.18 Å². The lowest BCUT2D eigenvalue weighted by molar-refractivity contribution is 0.100. The first-order valence-corrected chi connectivity index (χ1v) is 7.77. The third kappa shape index (κ3) is 2.48. The van der Waals surface area contributed by atoms with Crippen molar-refractivity contribution in [1.29, 1.82) is 0 Å². The number of pyridine rings is 1. The highest BCUT2D eigenvalue weighted by atomic mass is 19.1. The van der Waals surface area contributed by atoms with Crippen molar-refractivity contribution >= 4 is 22.6 Å². The van der Waals surface area contributed by atoms with Crippen LogP contribution in [0.3, 0.4) is 0 Å². The molecule has 0 spiro atoms. The Morgan fingerprint density at radius 1 is 1.33 bits per heavy atom. The van der Waals surface area contributed by atoms with Gasteiger partial charge in [0.1, 0.15) is 11.6 Å². The van der Waals surface area contributed by atoms with E-state index in [-0.39, 0.29) is 11.9 Å². The minimum absolute atomic E-state index is 0.0889. The molecule has 0 aliphatic heterocycles. The monoisotopic (exact) mass is 320 g/mol. The fraction of sp³-hybridized carbons (Fsp3) is 0.158. The minimum atomic E-state index is -0.548. The summed E-state index contributed by atoms with van der Waals surface area (Å²) in [6.07, 6.45) is 1.68. The molecule has 0 saturated carbocycles. The maximum absolute atomic E-state index is 13.6. The number of halogens is 1. The molecule has 1 amide bonds. The molecule has 1 unspecified atom stereocenters. The third-order valence-corrected chi connectivity index (χ3v) is 4.42. The zero-order chi connectivity index (χ0) is 16.7. The second-order valence-corrected chi connectivity index (χ2v) is 5.95. The van der Waals surface area contributed by atoms with Gasteiger partial charge >= 0.3 is 0 Å². The Morgan fingerprint density at radius 3 is 3.04 bits per heavy atom. The molecule has 24 heavy (non-hydrogen) atoms. The molecular formula is C19H15FN3O. The Bertz CT molecular complexity index is 954. The van der Waals surface area contributed by atoms with Gasteiger partial charge in [0, 0.05) is 5.39 Å². The zero-order valence-electron chi connectivity index (χ0n) is 12.8. The molecule has 1 heterocycles. The van der Waals surface area contributed by atoms with Gasteiger partial charge in [0.15, 0.2) is 0 Å². The van der Waals surface area contributed by atoms with Crippen LogP contribution in [0.2, 0.25) is 0 Å². The lowest BCUT2D eigenvalue weighted by atomic mass is 10.1. The molecule has 1 aromatic heterocycles. The number of nitrogens with zero attached hydrogens (tertiary/aromatic N) is 1. The van der Waals surface area contributed by atoms with Gasteiger partial charge < -0.3 is 11.1 Å². The van der Waals surface area contributed by atoms with Gasteiger partial charge in [-0.1, -0.05) is 12.1 Å². The zero-order valence-corrected chi connectivity index (χ0v) is 12.8. The number of aryl methyl sites for hydroxylation is 1. The summed E-state index contributed by atoms with van der Waals surface area (Å²) >= 11 is 0. The highest BCUT2D eigenvalue weighted by Crippen LogP contribution is 2.35. The van der Waals surface area contributed by atoms with Gasteiger partial charge in [0.05, 0.1) is 17.1 Å². The van der Waals surface area contributed by atoms with E-state index < -0.39 is 5.91 Å². The summed E-state index contributed by atoms with van der Waals surface area (Å²) in [4.78, 5) is 16.3. The Hall–Kier alpha value is -2.95. The summed E-state index contributed by atoms with van der Waals surface area (Å²) in [5, 5.41) is 4.08. The predicted octanol–water partition coefficient (Wildman–Crippen LogP) is 3.37. The molecule has 4 rings (SSSR count). The van der Waals surface area contributed by atoms with Crippen LogP contribution in [-0.2, 0) is 6.42 Å². The summed E-state index contributed by atoms with van der Waals surface area (Å²) in [5.41, 5.74) is 8.61. The van der Waals surface area contributed by atoms with Crippen LogP contribution in [-0.4, -0.2) is 10.9 Å². The first kappa shape index (κ1) is 14.6. The van der Waals surface area contributed by atoms with Crippen LogP contribution in [0.15, 0.2) is 42.5 Å². The number of primary amides is 1. The molecule has 0 saturated heterocycles. The average Bonchev–Trinajstić information content (AvgIpc) is 2.96. The Labute approximate surface area is 138 Å². The van der Waals surface area contributed by atoms with Crippen molar-refractivity contribution in [3.63, 3.8) is 0 Å². The summed E-state index contributed by atoms with van der Waals surface area (Å²) in [6.45, 7) is 0. The number of benzene rings is 2. The molecule has 1 aliphatic rings. The van der Waals surface area contributed by atoms with Crippen LogP contribution in [0.1, 0.15) is 33.9 Å². The van der Waals surface area contributed by atoms with Crippen molar-refractivity contribution in [2.45, 2.75) is 18.9 Å². The molecule has 1 aliphatic carbocycles. The van der Waals surface area contributed by atoms with E-state index in [1.165, 1.54) is 6.07 Å². The lowest BCUT2D eigenvalue weighted by Crippen LogP contribution is -2.17. The smallest absolute Gasteiger partial charge is 0.252 e. The van der Waals surface area contributed by atoms with Crippen molar-refractivity contribution in [2.24, 2.45) is 5.73 Å². The van der Waals surface area contributed by atoms with Crippen molar-refractivity contribution < 1.29 is 9.18 Å². The van der Waals surface area contributed by atoms with E-state index >= 15 is 0 Å². The molecule has 119 valence electrons. The first-order valence-electron chi connectivity index (χ1n) is 7.77. The first-order chi connectivity index (χ1) is 11.6. The molecule has 3 aromatic rings. The van der Waals surface area contributed by atoms with Crippen molar-refractivity contribution in [3.8, 4) is 0 Å². The number of fused-ring (bicyclic) bond motifs is 2. The summed E-state index contributed by atoms with van der Waals surface area (Å²) in [7, 11) is 0. The van der Waals surface area contributed by atoms with E-state index in [1.54, 1.807) is 24.3 Å². The summed E-state index contributed by atoms with van der Waals surface area (Å²) < 4.78 is 13.6. The maximum atomic E-state index is 13.6. The Balaban J connectivity index is 1.76. The molecule has 2 aromatic carbocycles. The van der Waals surface area contributed by atoms with Crippen LogP contribution >= 0.6 is 0 Å². The average molecular weight is 320 g/mol. The van der Waals surface area contributed by atoms with Gasteiger partial charge in [-0.2, -0.15) is 0 Å². The third-order valence-electron chi connectivity index (χ3n) is 4.42. The molecule has 3 N–H and O–H groups in total. The van der Waals surface area contributed by atoms with E-state index in [2.05, 4.69) is 16.4 Å². The number of amides is 1. The second kappa shape index (κ2) is 5.60. The van der Waals surface area contributed by atoms with Crippen LogP contribution in [0.4, 0.5) is 10.2 Å². The second-order valence-electron chi connectivity index (χ2n) is 5.95. The molecule has 1 radical (unpaired) electrons. The van der Waals surface area contributed by atoms with Gasteiger partial charge in [-0.25, -0.2) is 9.37 Å². The van der Waals surface area contributed by atoms with E-state index in [0.29, 0.717) is 11.4 Å². The number of hydrogen-bond acceptors (Lipinski definition) is 3. The van der Waals surface area contributed by atoms with E-state index in [1.807, 2.05) is 12.1 Å². The Kier molecular flexibility index (Phi) is 3.41. The number of carbonyl (C=O) groups is 1. The molecule has 0 bridgehead atoms. The number of aromatic nitrogens is 1.